The van der Waals surface area contributed by atoms with Crippen LogP contribution in [0.15, 0.2) is 54.6 Å². The Morgan fingerprint density at radius 2 is 1.62 bits per heavy atom. The van der Waals surface area contributed by atoms with Gasteiger partial charge in [-0.05, 0) is 23.8 Å². The highest BCUT2D eigenvalue weighted by Gasteiger charge is 2.53. The highest BCUT2D eigenvalue weighted by atomic mass is 16.2. The number of rotatable bonds is 3. The number of carbonyl (C=O) groups is 4. The van der Waals surface area contributed by atoms with E-state index in [1.54, 1.807) is 18.2 Å². The molecule has 2 aromatic carbocycles. The van der Waals surface area contributed by atoms with E-state index in [4.69, 9.17) is 5.26 Å². The second-order valence-electron chi connectivity index (χ2n) is 5.50. The minimum Gasteiger partial charge on any atom is -0.326 e. The fraction of sp³-hybridized carbons (Fsp3) is 0.0556. The molecule has 0 aromatic heterocycles. The van der Waals surface area contributed by atoms with Crippen LogP contribution < -0.4 is 16.0 Å². The fourth-order valence-electron chi connectivity index (χ4n) is 2.64. The minimum absolute atomic E-state index is 0.0943. The number of nitrogens with zero attached hydrogens (tertiary/aromatic N) is 1. The van der Waals surface area contributed by atoms with E-state index in [0.717, 1.165) is 0 Å². The monoisotopic (exact) mass is 348 g/mol. The smallest absolute Gasteiger partial charge is 0.326 e. The molecule has 2 aromatic rings. The molecule has 0 atom stereocenters. The first-order valence-corrected chi connectivity index (χ1v) is 7.52. The molecule has 1 aliphatic heterocycles. The van der Waals surface area contributed by atoms with Crippen molar-refractivity contribution in [3.8, 4) is 6.07 Å². The quantitative estimate of drug-likeness (QED) is 0.698. The molecule has 0 saturated carbocycles. The molecule has 0 radical (unpaired) electrons. The zero-order valence-corrected chi connectivity index (χ0v) is 13.3. The first kappa shape index (κ1) is 16.9. The molecule has 128 valence electrons. The summed E-state index contributed by atoms with van der Waals surface area (Å²) < 4.78 is 0. The van der Waals surface area contributed by atoms with E-state index in [2.05, 4.69) is 5.32 Å². The molecule has 1 heterocycles. The number of amides is 5. The summed E-state index contributed by atoms with van der Waals surface area (Å²) in [6, 6.07) is 14.6. The fourth-order valence-corrected chi connectivity index (χ4v) is 2.64. The number of nitriles is 1. The molecule has 3 rings (SSSR count). The molecule has 0 aliphatic carbocycles. The molecular formula is C18H12N4O4. The largest absolute Gasteiger partial charge is 0.328 e. The summed E-state index contributed by atoms with van der Waals surface area (Å²) in [4.78, 5) is 49.2. The van der Waals surface area contributed by atoms with Crippen LogP contribution >= 0.6 is 0 Å². The lowest BCUT2D eigenvalue weighted by molar-refractivity contribution is -0.139. The molecule has 5 amide bonds. The van der Waals surface area contributed by atoms with E-state index in [-0.39, 0.29) is 16.7 Å². The van der Waals surface area contributed by atoms with Gasteiger partial charge in [0, 0.05) is 5.56 Å². The van der Waals surface area contributed by atoms with E-state index < -0.39 is 29.3 Å². The molecule has 0 spiro atoms. The number of urea groups is 1. The SMILES string of the molecule is N#Cc1cccc(C(=O)NC2(c3ccccc3)C(=O)NC(=O)NC2=O)c1. The Morgan fingerprint density at radius 3 is 2.23 bits per heavy atom. The van der Waals surface area contributed by atoms with Gasteiger partial charge in [-0.15, -0.1) is 0 Å². The molecule has 1 fully saturated rings. The van der Waals surface area contributed by atoms with Gasteiger partial charge in [0.05, 0.1) is 11.6 Å². The van der Waals surface area contributed by atoms with Crippen LogP contribution in [0, 0.1) is 11.3 Å². The molecule has 8 nitrogen and oxygen atoms in total. The van der Waals surface area contributed by atoms with E-state index in [0.29, 0.717) is 0 Å². The first-order valence-electron chi connectivity index (χ1n) is 7.52. The third kappa shape index (κ3) is 2.78. The Kier molecular flexibility index (Phi) is 4.21. The van der Waals surface area contributed by atoms with Crippen LogP contribution in [0.2, 0.25) is 0 Å². The summed E-state index contributed by atoms with van der Waals surface area (Å²) in [6.45, 7) is 0. The standard InChI is InChI=1S/C18H12N4O4/c19-10-11-5-4-6-12(9-11)14(23)22-18(13-7-2-1-3-8-13)15(24)20-17(26)21-16(18)25/h1-9H,(H,22,23)(H2,20,21,24,25,26). The van der Waals surface area contributed by atoms with Crippen molar-refractivity contribution in [2.24, 2.45) is 0 Å². The van der Waals surface area contributed by atoms with Gasteiger partial charge in [-0.1, -0.05) is 36.4 Å². The number of carbonyl (C=O) groups excluding carboxylic acids is 4. The number of hydrogen-bond acceptors (Lipinski definition) is 5. The maximum absolute atomic E-state index is 12.7. The average Bonchev–Trinajstić information content (AvgIpc) is 2.65. The maximum atomic E-state index is 12.7. The van der Waals surface area contributed by atoms with Crippen LogP contribution in [0.5, 0.6) is 0 Å². The molecule has 8 heteroatoms. The van der Waals surface area contributed by atoms with Gasteiger partial charge in [-0.25, -0.2) is 4.79 Å². The van der Waals surface area contributed by atoms with Crippen LogP contribution in [0.25, 0.3) is 0 Å². The summed E-state index contributed by atoms with van der Waals surface area (Å²) >= 11 is 0. The van der Waals surface area contributed by atoms with Crippen molar-refractivity contribution >= 4 is 23.8 Å². The predicted octanol–water partition coefficient (Wildman–Crippen LogP) is 0.550. The molecule has 3 N–H and O–H groups in total. The highest BCUT2D eigenvalue weighted by Crippen LogP contribution is 2.25. The second kappa shape index (κ2) is 6.49. The minimum atomic E-state index is -2.12. The van der Waals surface area contributed by atoms with E-state index in [9.17, 15) is 19.2 Å². The number of hydrogen-bond donors (Lipinski definition) is 3. The van der Waals surface area contributed by atoms with Crippen molar-refractivity contribution in [3.63, 3.8) is 0 Å². The predicted molar refractivity (Wildman–Crippen MR) is 88.4 cm³/mol. The highest BCUT2D eigenvalue weighted by molar-refractivity contribution is 6.24. The lowest BCUT2D eigenvalue weighted by Gasteiger charge is -2.34. The molecule has 1 aliphatic rings. The molecule has 0 bridgehead atoms. The molecule has 0 unspecified atom stereocenters. The van der Waals surface area contributed by atoms with E-state index >= 15 is 0 Å². The first-order chi connectivity index (χ1) is 12.5. The Labute approximate surface area is 147 Å². The molecular weight excluding hydrogens is 336 g/mol. The van der Waals surface area contributed by atoms with Crippen LogP contribution in [-0.2, 0) is 15.1 Å². The third-order valence-corrected chi connectivity index (χ3v) is 3.90. The number of benzene rings is 2. The summed E-state index contributed by atoms with van der Waals surface area (Å²) in [6.07, 6.45) is 0. The topological polar surface area (TPSA) is 128 Å². The summed E-state index contributed by atoms with van der Waals surface area (Å²) in [5.74, 6) is -2.69. The van der Waals surface area contributed by atoms with E-state index in [1.165, 1.54) is 36.4 Å². The Balaban J connectivity index is 2.06. The lowest BCUT2D eigenvalue weighted by Crippen LogP contribution is -2.71. The van der Waals surface area contributed by atoms with Gasteiger partial charge < -0.3 is 5.32 Å². The van der Waals surface area contributed by atoms with E-state index in [1.807, 2.05) is 16.7 Å². The molecule has 1 saturated heterocycles. The zero-order valence-electron chi connectivity index (χ0n) is 13.3. The van der Waals surface area contributed by atoms with Crippen molar-refractivity contribution in [2.75, 3.05) is 0 Å². The van der Waals surface area contributed by atoms with Gasteiger partial charge in [0.15, 0.2) is 0 Å². The normalized spacial score (nSPS) is 15.4. The third-order valence-electron chi connectivity index (χ3n) is 3.90. The number of nitrogens with one attached hydrogen (secondary N) is 3. The second-order valence-corrected chi connectivity index (χ2v) is 5.50. The van der Waals surface area contributed by atoms with Gasteiger partial charge >= 0.3 is 6.03 Å². The van der Waals surface area contributed by atoms with Gasteiger partial charge in [0.25, 0.3) is 17.7 Å². The van der Waals surface area contributed by atoms with Crippen molar-refractivity contribution in [1.82, 2.24) is 16.0 Å². The number of barbiturate groups is 1. The summed E-state index contributed by atoms with van der Waals surface area (Å²) in [5, 5.41) is 15.4. The molecule has 26 heavy (non-hydrogen) atoms. The van der Waals surface area contributed by atoms with Crippen LogP contribution in [0.1, 0.15) is 21.5 Å². The Morgan fingerprint density at radius 1 is 0.962 bits per heavy atom. The number of imide groups is 2. The van der Waals surface area contributed by atoms with Gasteiger partial charge in [0.1, 0.15) is 0 Å². The van der Waals surface area contributed by atoms with Crippen molar-refractivity contribution in [2.45, 2.75) is 5.54 Å². The van der Waals surface area contributed by atoms with Crippen molar-refractivity contribution in [3.05, 3.63) is 71.3 Å². The van der Waals surface area contributed by atoms with Crippen LogP contribution in [-0.4, -0.2) is 23.8 Å². The van der Waals surface area contributed by atoms with Crippen molar-refractivity contribution < 1.29 is 19.2 Å². The van der Waals surface area contributed by atoms with Gasteiger partial charge in [0.2, 0.25) is 5.54 Å². The van der Waals surface area contributed by atoms with Crippen molar-refractivity contribution in [1.29, 1.82) is 5.26 Å². The summed E-state index contributed by atoms with van der Waals surface area (Å²) in [7, 11) is 0. The van der Waals surface area contributed by atoms with Gasteiger partial charge in [-0.2, -0.15) is 5.26 Å². The summed E-state index contributed by atoms with van der Waals surface area (Å²) in [5.41, 5.74) is -1.59. The maximum Gasteiger partial charge on any atom is 0.328 e. The van der Waals surface area contributed by atoms with Crippen LogP contribution in [0.3, 0.4) is 0 Å². The average molecular weight is 348 g/mol. The van der Waals surface area contributed by atoms with Gasteiger partial charge in [-0.3, -0.25) is 25.0 Å². The zero-order chi connectivity index (χ0) is 18.7. The Hall–Kier alpha value is -3.99. The Bertz CT molecular complexity index is 943. The lowest BCUT2D eigenvalue weighted by atomic mass is 9.86. The van der Waals surface area contributed by atoms with Crippen LogP contribution in [0.4, 0.5) is 4.79 Å².